The molecule has 0 atom stereocenters. The first-order valence-electron chi connectivity index (χ1n) is 12.3. The molecule has 3 aromatic carbocycles. The molecule has 1 saturated heterocycles. The molecule has 3 aromatic rings. The van der Waals surface area contributed by atoms with E-state index in [1.54, 1.807) is 29.2 Å². The van der Waals surface area contributed by atoms with Crippen LogP contribution < -0.4 is 9.04 Å². The summed E-state index contributed by atoms with van der Waals surface area (Å²) in [5, 5.41) is 0. The van der Waals surface area contributed by atoms with Crippen LogP contribution in [0.25, 0.3) is 6.08 Å². The number of ether oxygens (including phenoxy) is 1. The Kier molecular flexibility index (Phi) is 8.98. The lowest BCUT2D eigenvalue weighted by Gasteiger charge is -2.35. The Morgan fingerprint density at radius 2 is 1.51 bits per heavy atom. The fraction of sp³-hybridized carbons (Fsp3) is 0.276. The van der Waals surface area contributed by atoms with Crippen molar-refractivity contribution in [3.8, 4) is 5.75 Å². The van der Waals surface area contributed by atoms with E-state index >= 15 is 0 Å². The molecule has 1 amide bonds. The first kappa shape index (κ1) is 26.4. The minimum Gasteiger partial charge on any atom is -0.489 e. The molecule has 7 nitrogen and oxygen atoms in total. The van der Waals surface area contributed by atoms with E-state index in [9.17, 15) is 13.2 Å². The number of piperazine rings is 1. The predicted octanol–water partition coefficient (Wildman–Crippen LogP) is 3.89. The van der Waals surface area contributed by atoms with Crippen LogP contribution in [0.15, 0.2) is 91.0 Å². The van der Waals surface area contributed by atoms with E-state index in [4.69, 9.17) is 4.74 Å². The lowest BCUT2D eigenvalue weighted by atomic mass is 10.2. The fourth-order valence-electron chi connectivity index (χ4n) is 4.15. The molecule has 0 spiro atoms. The van der Waals surface area contributed by atoms with Gasteiger partial charge >= 0.3 is 0 Å². The van der Waals surface area contributed by atoms with Crippen LogP contribution in [0.4, 0.5) is 5.69 Å². The van der Waals surface area contributed by atoms with Gasteiger partial charge in [0.05, 0.1) is 11.9 Å². The van der Waals surface area contributed by atoms with Crippen LogP contribution in [0.5, 0.6) is 5.75 Å². The summed E-state index contributed by atoms with van der Waals surface area (Å²) in [5.74, 6) is 0.430. The van der Waals surface area contributed by atoms with Crippen molar-refractivity contribution >= 4 is 27.7 Å². The first-order valence-corrected chi connectivity index (χ1v) is 14.2. The summed E-state index contributed by atoms with van der Waals surface area (Å²) >= 11 is 0. The summed E-state index contributed by atoms with van der Waals surface area (Å²) in [7, 11) is -3.64. The molecule has 8 heteroatoms. The lowest BCUT2D eigenvalue weighted by molar-refractivity contribution is -0.131. The molecule has 4 rings (SSSR count). The number of nitrogens with zero attached hydrogens (tertiary/aromatic N) is 3. The van der Waals surface area contributed by atoms with Crippen molar-refractivity contribution in [3.05, 3.63) is 102 Å². The monoisotopic (exact) mass is 519 g/mol. The van der Waals surface area contributed by atoms with Gasteiger partial charge in [-0.1, -0.05) is 72.8 Å². The molecule has 0 saturated carbocycles. The maximum absolute atomic E-state index is 13.0. The maximum Gasteiger partial charge on any atom is 0.243 e. The normalized spacial score (nSPS) is 14.6. The third-order valence-electron chi connectivity index (χ3n) is 6.25. The summed E-state index contributed by atoms with van der Waals surface area (Å²) in [6, 6.07) is 26.7. The standard InChI is InChI=1S/C29H33N3O4S/c1-37(34,35)32(27-14-16-28(17-15-27)36-24-26-11-6-3-7-12-26)23-29(33)31-21-19-30(20-22-31)18-8-13-25-9-4-2-5-10-25/h2-17H,18-24H2,1H3/b13-8+. The first-order chi connectivity index (χ1) is 17.9. The molecule has 0 aliphatic carbocycles. The predicted molar refractivity (Wildman–Crippen MR) is 148 cm³/mol. The Bertz CT molecular complexity index is 1270. The quantitative estimate of drug-likeness (QED) is 0.407. The second kappa shape index (κ2) is 12.6. The van der Waals surface area contributed by atoms with E-state index in [2.05, 4.69) is 29.2 Å². The average molecular weight is 520 g/mol. The van der Waals surface area contributed by atoms with E-state index in [1.165, 1.54) is 0 Å². The van der Waals surface area contributed by atoms with Crippen molar-refractivity contribution in [3.63, 3.8) is 0 Å². The van der Waals surface area contributed by atoms with Crippen LogP contribution in [-0.2, 0) is 21.4 Å². The number of amides is 1. The summed E-state index contributed by atoms with van der Waals surface area (Å²) < 4.78 is 32.0. The molecular weight excluding hydrogens is 486 g/mol. The van der Waals surface area contributed by atoms with Gasteiger partial charge in [-0.05, 0) is 35.4 Å². The molecule has 1 fully saturated rings. The lowest BCUT2D eigenvalue weighted by Crippen LogP contribution is -2.51. The van der Waals surface area contributed by atoms with Gasteiger partial charge in [0.15, 0.2) is 0 Å². The SMILES string of the molecule is CS(=O)(=O)N(CC(=O)N1CCN(C/C=C/c2ccccc2)CC1)c1ccc(OCc2ccccc2)cc1. The minimum absolute atomic E-state index is 0.200. The minimum atomic E-state index is -3.64. The van der Waals surface area contributed by atoms with E-state index in [1.807, 2.05) is 48.5 Å². The Morgan fingerprint density at radius 1 is 0.892 bits per heavy atom. The average Bonchev–Trinajstić information content (AvgIpc) is 2.92. The largest absolute Gasteiger partial charge is 0.489 e. The van der Waals surface area contributed by atoms with E-state index in [0.29, 0.717) is 31.1 Å². The maximum atomic E-state index is 13.0. The summed E-state index contributed by atoms with van der Waals surface area (Å²) in [6.45, 7) is 3.64. The molecule has 0 N–H and O–H groups in total. The number of carbonyl (C=O) groups is 1. The summed E-state index contributed by atoms with van der Waals surface area (Å²) in [5.41, 5.74) is 2.64. The second-order valence-corrected chi connectivity index (χ2v) is 10.9. The molecule has 0 radical (unpaired) electrons. The van der Waals surface area contributed by atoms with Crippen molar-refractivity contribution in [1.29, 1.82) is 0 Å². The summed E-state index contributed by atoms with van der Waals surface area (Å²) in [4.78, 5) is 17.0. The van der Waals surface area contributed by atoms with Crippen LogP contribution in [0.3, 0.4) is 0 Å². The zero-order valence-corrected chi connectivity index (χ0v) is 21.9. The molecule has 0 bridgehead atoms. The molecule has 194 valence electrons. The van der Waals surface area contributed by atoms with E-state index in [-0.39, 0.29) is 12.5 Å². The van der Waals surface area contributed by atoms with Crippen LogP contribution in [0, 0.1) is 0 Å². The fourth-order valence-corrected chi connectivity index (χ4v) is 5.00. The van der Waals surface area contributed by atoms with Gasteiger partial charge in [0, 0.05) is 32.7 Å². The number of anilines is 1. The number of rotatable bonds is 10. The van der Waals surface area contributed by atoms with Gasteiger partial charge in [0.1, 0.15) is 18.9 Å². The van der Waals surface area contributed by atoms with E-state index in [0.717, 1.165) is 41.3 Å². The van der Waals surface area contributed by atoms with Gasteiger partial charge in [0.2, 0.25) is 15.9 Å². The number of hydrogen-bond donors (Lipinski definition) is 0. The van der Waals surface area contributed by atoms with Crippen LogP contribution in [0.1, 0.15) is 11.1 Å². The molecule has 0 aromatic heterocycles. The van der Waals surface area contributed by atoms with Gasteiger partial charge in [-0.3, -0.25) is 14.0 Å². The van der Waals surface area contributed by atoms with E-state index < -0.39 is 10.0 Å². The van der Waals surface area contributed by atoms with Crippen molar-refractivity contribution in [1.82, 2.24) is 9.80 Å². The van der Waals surface area contributed by atoms with Gasteiger partial charge in [-0.25, -0.2) is 8.42 Å². The van der Waals surface area contributed by atoms with Crippen molar-refractivity contribution in [2.24, 2.45) is 0 Å². The Morgan fingerprint density at radius 3 is 2.14 bits per heavy atom. The van der Waals surface area contributed by atoms with Gasteiger partial charge in [-0.15, -0.1) is 0 Å². The zero-order chi connectivity index (χ0) is 26.1. The van der Waals surface area contributed by atoms with Gasteiger partial charge in [0.25, 0.3) is 0 Å². The molecular formula is C29H33N3O4S. The van der Waals surface area contributed by atoms with Crippen LogP contribution in [0.2, 0.25) is 0 Å². The van der Waals surface area contributed by atoms with Crippen LogP contribution in [-0.4, -0.2) is 69.6 Å². The molecule has 1 aliphatic rings. The molecule has 37 heavy (non-hydrogen) atoms. The smallest absolute Gasteiger partial charge is 0.243 e. The highest BCUT2D eigenvalue weighted by atomic mass is 32.2. The number of hydrogen-bond acceptors (Lipinski definition) is 5. The highest BCUT2D eigenvalue weighted by molar-refractivity contribution is 7.92. The zero-order valence-electron chi connectivity index (χ0n) is 21.1. The Labute approximate surface area is 219 Å². The second-order valence-electron chi connectivity index (χ2n) is 9.03. The van der Waals surface area contributed by atoms with Crippen molar-refractivity contribution in [2.45, 2.75) is 6.61 Å². The molecule has 1 heterocycles. The Hall–Kier alpha value is -3.62. The van der Waals surface area contributed by atoms with Gasteiger partial charge < -0.3 is 9.64 Å². The Balaban J connectivity index is 1.30. The summed E-state index contributed by atoms with van der Waals surface area (Å²) in [6.07, 6.45) is 5.35. The molecule has 1 aliphatic heterocycles. The molecule has 0 unspecified atom stereocenters. The highest BCUT2D eigenvalue weighted by Crippen LogP contribution is 2.23. The topological polar surface area (TPSA) is 70.2 Å². The van der Waals surface area contributed by atoms with Crippen molar-refractivity contribution < 1.29 is 17.9 Å². The third-order valence-corrected chi connectivity index (χ3v) is 7.39. The van der Waals surface area contributed by atoms with Gasteiger partial charge in [-0.2, -0.15) is 0 Å². The van der Waals surface area contributed by atoms with Crippen LogP contribution >= 0.6 is 0 Å². The number of sulfonamides is 1. The number of benzene rings is 3. The number of carbonyl (C=O) groups excluding carboxylic acids is 1. The van der Waals surface area contributed by atoms with Crippen molar-refractivity contribution in [2.75, 3.05) is 49.8 Å². The third kappa shape index (κ3) is 7.93. The highest BCUT2D eigenvalue weighted by Gasteiger charge is 2.26.